The average Bonchev–Trinajstić information content (AvgIpc) is 2.57. The second kappa shape index (κ2) is 6.30. The minimum Gasteiger partial charge on any atom is -0.350 e. The molecule has 1 aliphatic heterocycles. The highest BCUT2D eigenvalue weighted by molar-refractivity contribution is 7.89. The molecule has 1 aromatic heterocycles. The number of nitrogens with one attached hydrogen (secondary N) is 1. The van der Waals surface area contributed by atoms with E-state index in [0.717, 1.165) is 5.56 Å². The summed E-state index contributed by atoms with van der Waals surface area (Å²) in [5, 5.41) is 8.16. The van der Waals surface area contributed by atoms with Gasteiger partial charge in [0.15, 0.2) is 5.82 Å². The Bertz CT molecular complexity index is 913. The molecule has 1 amide bonds. The minimum atomic E-state index is -3.70. The third kappa shape index (κ3) is 3.54. The van der Waals surface area contributed by atoms with Gasteiger partial charge in [-0.25, -0.2) is 18.5 Å². The van der Waals surface area contributed by atoms with Gasteiger partial charge < -0.3 is 15.1 Å². The van der Waals surface area contributed by atoms with Gasteiger partial charge in [0.1, 0.15) is 5.69 Å². The van der Waals surface area contributed by atoms with E-state index in [1.54, 1.807) is 37.3 Å². The summed E-state index contributed by atoms with van der Waals surface area (Å²) in [4.78, 5) is 23.9. The fraction of sp³-hybridized carbons (Fsp3) is 0.267. The van der Waals surface area contributed by atoms with E-state index < -0.39 is 10.0 Å². The van der Waals surface area contributed by atoms with Crippen LogP contribution in [-0.2, 0) is 21.4 Å². The molecule has 0 saturated carbocycles. The monoisotopic (exact) mass is 362 g/mol. The van der Waals surface area contributed by atoms with Gasteiger partial charge in [-0.1, -0.05) is 12.1 Å². The fourth-order valence-electron chi connectivity index (χ4n) is 2.47. The Morgan fingerprint density at radius 1 is 1.24 bits per heavy atom. The number of likely N-dealkylation sites (N-methyl/N-ethyl adjacent to an activating group) is 2. The Morgan fingerprint density at radius 2 is 1.92 bits per heavy atom. The van der Waals surface area contributed by atoms with Gasteiger partial charge in [-0.2, -0.15) is 4.98 Å². The molecule has 0 aliphatic carbocycles. The molecule has 10 heteroatoms. The standard InChI is InChI=1S/C15H18N6O3S/c1-20-9-13(22)21(2)12-8-18-15(19-14(12)20)17-7-10-3-5-11(6-4-10)25(16,23)24/h3-6,8H,7,9H2,1-2H3,(H2,16,23,24)(H,17,18,19). The highest BCUT2D eigenvalue weighted by Crippen LogP contribution is 2.29. The number of hydrogen-bond acceptors (Lipinski definition) is 7. The highest BCUT2D eigenvalue weighted by Gasteiger charge is 2.26. The summed E-state index contributed by atoms with van der Waals surface area (Å²) in [7, 11) is -0.205. The average molecular weight is 362 g/mol. The first-order valence-corrected chi connectivity index (χ1v) is 9.00. The number of carbonyl (C=O) groups is 1. The minimum absolute atomic E-state index is 0.0192. The predicted molar refractivity (Wildman–Crippen MR) is 93.9 cm³/mol. The molecule has 2 aromatic rings. The Balaban J connectivity index is 1.74. The number of carbonyl (C=O) groups excluding carboxylic acids is 1. The zero-order valence-electron chi connectivity index (χ0n) is 13.8. The van der Waals surface area contributed by atoms with Crippen LogP contribution in [0.25, 0.3) is 0 Å². The zero-order valence-corrected chi connectivity index (χ0v) is 14.6. The number of benzene rings is 1. The smallest absolute Gasteiger partial charge is 0.246 e. The van der Waals surface area contributed by atoms with Crippen molar-refractivity contribution in [3.8, 4) is 0 Å². The Kier molecular flexibility index (Phi) is 4.31. The summed E-state index contributed by atoms with van der Waals surface area (Å²) in [5.74, 6) is 1.07. The summed E-state index contributed by atoms with van der Waals surface area (Å²) in [5.41, 5.74) is 1.51. The third-order valence-electron chi connectivity index (χ3n) is 3.92. The van der Waals surface area contributed by atoms with Gasteiger partial charge in [0.05, 0.1) is 17.6 Å². The Hall–Kier alpha value is -2.72. The lowest BCUT2D eigenvalue weighted by Gasteiger charge is -2.31. The first-order valence-electron chi connectivity index (χ1n) is 7.46. The van der Waals surface area contributed by atoms with E-state index in [9.17, 15) is 13.2 Å². The lowest BCUT2D eigenvalue weighted by molar-refractivity contribution is -0.117. The molecule has 0 fully saturated rings. The fourth-order valence-corrected chi connectivity index (χ4v) is 2.98. The van der Waals surface area contributed by atoms with Crippen LogP contribution in [0.15, 0.2) is 35.4 Å². The van der Waals surface area contributed by atoms with Crippen LogP contribution in [0.4, 0.5) is 17.5 Å². The lowest BCUT2D eigenvalue weighted by Crippen LogP contribution is -2.42. The molecule has 3 N–H and O–H groups in total. The Labute approximate surface area is 145 Å². The third-order valence-corrected chi connectivity index (χ3v) is 4.85. The lowest BCUT2D eigenvalue weighted by atomic mass is 10.2. The molecular formula is C15H18N6O3S. The topological polar surface area (TPSA) is 122 Å². The largest absolute Gasteiger partial charge is 0.350 e. The maximum Gasteiger partial charge on any atom is 0.246 e. The van der Waals surface area contributed by atoms with Crippen molar-refractivity contribution in [3.05, 3.63) is 36.0 Å². The number of nitrogens with two attached hydrogens (primary N) is 1. The van der Waals surface area contributed by atoms with E-state index in [1.807, 2.05) is 0 Å². The van der Waals surface area contributed by atoms with E-state index >= 15 is 0 Å². The van der Waals surface area contributed by atoms with Crippen molar-refractivity contribution in [2.75, 3.05) is 35.8 Å². The van der Waals surface area contributed by atoms with Crippen molar-refractivity contribution >= 4 is 33.4 Å². The first kappa shape index (κ1) is 17.1. The van der Waals surface area contributed by atoms with E-state index in [0.29, 0.717) is 24.0 Å². The zero-order chi connectivity index (χ0) is 18.2. The molecule has 25 heavy (non-hydrogen) atoms. The molecule has 3 rings (SSSR count). The molecule has 1 aliphatic rings. The number of hydrogen-bond donors (Lipinski definition) is 2. The van der Waals surface area contributed by atoms with Crippen molar-refractivity contribution in [3.63, 3.8) is 0 Å². The van der Waals surface area contributed by atoms with E-state index in [-0.39, 0.29) is 17.3 Å². The number of anilines is 3. The number of aromatic nitrogens is 2. The second-order valence-corrected chi connectivity index (χ2v) is 7.32. The van der Waals surface area contributed by atoms with Crippen molar-refractivity contribution in [1.82, 2.24) is 9.97 Å². The molecule has 1 aromatic carbocycles. The van der Waals surface area contributed by atoms with Gasteiger partial charge in [-0.3, -0.25) is 4.79 Å². The summed E-state index contributed by atoms with van der Waals surface area (Å²) in [6.45, 7) is 0.678. The van der Waals surface area contributed by atoms with Gasteiger partial charge in [-0.05, 0) is 17.7 Å². The number of primary sulfonamides is 1. The quantitative estimate of drug-likeness (QED) is 0.794. The van der Waals surface area contributed by atoms with Gasteiger partial charge in [-0.15, -0.1) is 0 Å². The molecule has 0 radical (unpaired) electrons. The van der Waals surface area contributed by atoms with Crippen LogP contribution in [0.2, 0.25) is 0 Å². The van der Waals surface area contributed by atoms with Crippen LogP contribution < -0.4 is 20.3 Å². The molecule has 0 unspecified atom stereocenters. The summed E-state index contributed by atoms with van der Waals surface area (Å²) in [6.07, 6.45) is 1.60. The summed E-state index contributed by atoms with van der Waals surface area (Å²) in [6, 6.07) is 6.25. The van der Waals surface area contributed by atoms with E-state index in [2.05, 4.69) is 15.3 Å². The molecule has 0 atom stereocenters. The van der Waals surface area contributed by atoms with E-state index in [1.165, 1.54) is 17.0 Å². The predicted octanol–water partition coefficient (Wildman–Crippen LogP) is 0.149. The number of nitrogens with zero attached hydrogens (tertiary/aromatic N) is 4. The van der Waals surface area contributed by atoms with Crippen molar-refractivity contribution in [2.24, 2.45) is 5.14 Å². The van der Waals surface area contributed by atoms with Gasteiger partial charge >= 0.3 is 0 Å². The molecule has 0 bridgehead atoms. The molecule has 0 saturated heterocycles. The molecule has 0 spiro atoms. The van der Waals surface area contributed by atoms with Crippen LogP contribution >= 0.6 is 0 Å². The molecule has 9 nitrogen and oxygen atoms in total. The number of sulfonamides is 1. The molecule has 2 heterocycles. The highest BCUT2D eigenvalue weighted by atomic mass is 32.2. The molecular weight excluding hydrogens is 344 g/mol. The first-order chi connectivity index (χ1) is 11.8. The molecule has 132 valence electrons. The van der Waals surface area contributed by atoms with Crippen LogP contribution in [0.3, 0.4) is 0 Å². The van der Waals surface area contributed by atoms with E-state index in [4.69, 9.17) is 5.14 Å². The normalized spacial score (nSPS) is 14.4. The summed E-state index contributed by atoms with van der Waals surface area (Å²) >= 11 is 0. The van der Waals surface area contributed by atoms with Crippen LogP contribution in [0, 0.1) is 0 Å². The SMILES string of the molecule is CN1CC(=O)N(C)c2cnc(NCc3ccc(S(N)(=O)=O)cc3)nc21. The van der Waals surface area contributed by atoms with Crippen molar-refractivity contribution in [2.45, 2.75) is 11.4 Å². The van der Waals surface area contributed by atoms with Gasteiger partial charge in [0.25, 0.3) is 0 Å². The van der Waals surface area contributed by atoms with Crippen molar-refractivity contribution < 1.29 is 13.2 Å². The van der Waals surface area contributed by atoms with Crippen LogP contribution in [-0.4, -0.2) is 44.9 Å². The number of fused-ring (bicyclic) bond motifs is 1. The second-order valence-electron chi connectivity index (χ2n) is 5.75. The van der Waals surface area contributed by atoms with Gasteiger partial charge in [0, 0.05) is 20.6 Å². The number of amides is 1. The summed E-state index contributed by atoms with van der Waals surface area (Å²) < 4.78 is 22.5. The van der Waals surface area contributed by atoms with Crippen LogP contribution in [0.1, 0.15) is 5.56 Å². The number of rotatable bonds is 4. The van der Waals surface area contributed by atoms with Gasteiger partial charge in [0.2, 0.25) is 21.9 Å². The van der Waals surface area contributed by atoms with Crippen molar-refractivity contribution in [1.29, 1.82) is 0 Å². The van der Waals surface area contributed by atoms with Crippen LogP contribution in [0.5, 0.6) is 0 Å². The Morgan fingerprint density at radius 3 is 2.56 bits per heavy atom. The maximum atomic E-state index is 11.8. The maximum absolute atomic E-state index is 11.8.